The molecule has 1 N–H and O–H groups in total. The van der Waals surface area contributed by atoms with Gasteiger partial charge in [-0.3, -0.25) is 9.48 Å². The number of aromatic nitrogens is 4. The van der Waals surface area contributed by atoms with E-state index in [4.69, 9.17) is 11.6 Å². The molecule has 0 aliphatic rings. The number of hydrogen-bond donors (Lipinski definition) is 1. The molecule has 0 unspecified atom stereocenters. The summed E-state index contributed by atoms with van der Waals surface area (Å²) in [7, 11) is 1.81. The van der Waals surface area contributed by atoms with Crippen LogP contribution in [0.4, 0.5) is 5.82 Å². The van der Waals surface area contributed by atoms with Gasteiger partial charge in [-0.2, -0.15) is 5.10 Å². The number of nitrogens with zero attached hydrogens (tertiary/aromatic N) is 4. The lowest BCUT2D eigenvalue weighted by atomic mass is 10.3. The first kappa shape index (κ1) is 17.8. The van der Waals surface area contributed by atoms with Crippen LogP contribution < -0.4 is 5.32 Å². The first-order valence-electron chi connectivity index (χ1n) is 8.07. The molecular formula is C17H20ClN5OS. The summed E-state index contributed by atoms with van der Waals surface area (Å²) in [5, 5.41) is 8.59. The zero-order valence-electron chi connectivity index (χ0n) is 14.4. The van der Waals surface area contributed by atoms with E-state index >= 15 is 0 Å². The summed E-state index contributed by atoms with van der Waals surface area (Å²) in [4.78, 5) is 16.9. The van der Waals surface area contributed by atoms with Crippen LogP contribution in [-0.4, -0.2) is 31.0 Å². The van der Waals surface area contributed by atoms with Crippen molar-refractivity contribution in [1.29, 1.82) is 0 Å². The molecule has 0 saturated carbocycles. The Kier molecular flexibility index (Phi) is 5.34. The van der Waals surface area contributed by atoms with E-state index in [1.807, 2.05) is 31.2 Å². The summed E-state index contributed by atoms with van der Waals surface area (Å²) >= 11 is 7.49. The number of hydrogen-bond acceptors (Lipinski definition) is 4. The van der Waals surface area contributed by atoms with Gasteiger partial charge >= 0.3 is 0 Å². The number of thioether (sulfide) groups is 1. The van der Waals surface area contributed by atoms with Crippen LogP contribution in [0.1, 0.15) is 19.0 Å². The molecule has 0 bridgehead atoms. The van der Waals surface area contributed by atoms with Crippen molar-refractivity contribution in [3.8, 4) is 0 Å². The van der Waals surface area contributed by atoms with Crippen molar-refractivity contribution in [2.75, 3.05) is 11.1 Å². The van der Waals surface area contributed by atoms with Crippen molar-refractivity contribution < 1.29 is 4.79 Å². The van der Waals surface area contributed by atoms with E-state index in [-0.39, 0.29) is 11.7 Å². The van der Waals surface area contributed by atoms with Gasteiger partial charge < -0.3 is 9.88 Å². The molecule has 8 heteroatoms. The minimum absolute atomic E-state index is 0.0823. The smallest absolute Gasteiger partial charge is 0.235 e. The third-order valence-electron chi connectivity index (χ3n) is 3.72. The van der Waals surface area contributed by atoms with Gasteiger partial charge in [0.1, 0.15) is 5.82 Å². The SMILES string of the molecule is CCCn1c(SCC(=O)Nc2cc(C)nn2C)nc2cc(Cl)ccc21. The van der Waals surface area contributed by atoms with Crippen molar-refractivity contribution in [2.45, 2.75) is 32.0 Å². The van der Waals surface area contributed by atoms with Crippen LogP contribution in [-0.2, 0) is 18.4 Å². The quantitative estimate of drug-likeness (QED) is 0.662. The van der Waals surface area contributed by atoms with E-state index < -0.39 is 0 Å². The predicted molar refractivity (Wildman–Crippen MR) is 102 cm³/mol. The monoisotopic (exact) mass is 377 g/mol. The zero-order chi connectivity index (χ0) is 18.0. The molecule has 132 valence electrons. The van der Waals surface area contributed by atoms with Gasteiger partial charge in [0, 0.05) is 24.7 Å². The van der Waals surface area contributed by atoms with E-state index in [0.29, 0.717) is 10.8 Å². The van der Waals surface area contributed by atoms with Crippen LogP contribution in [0.3, 0.4) is 0 Å². The number of nitrogens with one attached hydrogen (secondary N) is 1. The number of carbonyl (C=O) groups excluding carboxylic acids is 1. The van der Waals surface area contributed by atoms with Gasteiger partial charge in [-0.1, -0.05) is 30.3 Å². The molecule has 1 amide bonds. The maximum Gasteiger partial charge on any atom is 0.235 e. The van der Waals surface area contributed by atoms with Crippen LogP contribution >= 0.6 is 23.4 Å². The number of aryl methyl sites for hydroxylation is 3. The number of benzene rings is 1. The number of fused-ring (bicyclic) bond motifs is 1. The third kappa shape index (κ3) is 3.99. The van der Waals surface area contributed by atoms with Gasteiger partial charge in [0.25, 0.3) is 0 Å². The number of rotatable bonds is 6. The topological polar surface area (TPSA) is 64.7 Å². The highest BCUT2D eigenvalue weighted by atomic mass is 35.5. The Bertz CT molecular complexity index is 917. The second-order valence-corrected chi connectivity index (χ2v) is 7.19. The second kappa shape index (κ2) is 7.49. The summed E-state index contributed by atoms with van der Waals surface area (Å²) < 4.78 is 3.80. The van der Waals surface area contributed by atoms with Crippen LogP contribution in [0.25, 0.3) is 11.0 Å². The maximum absolute atomic E-state index is 12.3. The second-order valence-electron chi connectivity index (χ2n) is 5.81. The number of imidazole rings is 1. The molecule has 0 atom stereocenters. The predicted octanol–water partition coefficient (Wildman–Crippen LogP) is 3.87. The summed E-state index contributed by atoms with van der Waals surface area (Å²) in [6.07, 6.45) is 0.988. The Morgan fingerprint density at radius 3 is 2.84 bits per heavy atom. The van der Waals surface area contributed by atoms with Crippen LogP contribution in [0.2, 0.25) is 5.02 Å². The van der Waals surface area contributed by atoms with Crippen LogP contribution in [0, 0.1) is 6.92 Å². The third-order valence-corrected chi connectivity index (χ3v) is 4.94. The largest absolute Gasteiger partial charge is 0.319 e. The molecule has 0 radical (unpaired) electrons. The first-order chi connectivity index (χ1) is 12.0. The average Bonchev–Trinajstić information content (AvgIpc) is 3.05. The summed E-state index contributed by atoms with van der Waals surface area (Å²) in [6, 6.07) is 7.54. The molecule has 0 spiro atoms. The van der Waals surface area contributed by atoms with E-state index in [1.54, 1.807) is 11.7 Å². The fourth-order valence-electron chi connectivity index (χ4n) is 2.67. The molecule has 2 heterocycles. The normalized spacial score (nSPS) is 11.2. The van der Waals surface area contributed by atoms with Gasteiger partial charge in [0.05, 0.1) is 22.5 Å². The molecule has 0 fully saturated rings. The molecule has 2 aromatic heterocycles. The minimum atomic E-state index is -0.0823. The fourth-order valence-corrected chi connectivity index (χ4v) is 3.67. The van der Waals surface area contributed by atoms with Crippen molar-refractivity contribution in [2.24, 2.45) is 7.05 Å². The maximum atomic E-state index is 12.3. The molecule has 0 aliphatic heterocycles. The molecular weight excluding hydrogens is 358 g/mol. The summed E-state index contributed by atoms with van der Waals surface area (Å²) in [6.45, 7) is 4.86. The number of anilines is 1. The summed E-state index contributed by atoms with van der Waals surface area (Å²) in [5.41, 5.74) is 2.76. The Balaban J connectivity index is 1.74. The van der Waals surface area contributed by atoms with Gasteiger partial charge in [0.15, 0.2) is 5.16 Å². The molecule has 1 aromatic carbocycles. The Labute approximate surface area is 155 Å². The van der Waals surface area contributed by atoms with Gasteiger partial charge in [-0.15, -0.1) is 0 Å². The van der Waals surface area contributed by atoms with Crippen molar-refractivity contribution in [3.05, 3.63) is 35.0 Å². The molecule has 25 heavy (non-hydrogen) atoms. The molecule has 3 aromatic rings. The lowest BCUT2D eigenvalue weighted by Gasteiger charge is -2.08. The lowest BCUT2D eigenvalue weighted by molar-refractivity contribution is -0.113. The number of carbonyl (C=O) groups is 1. The van der Waals surface area contributed by atoms with Crippen molar-refractivity contribution in [1.82, 2.24) is 19.3 Å². The average molecular weight is 378 g/mol. The van der Waals surface area contributed by atoms with Gasteiger partial charge in [-0.25, -0.2) is 4.98 Å². The van der Waals surface area contributed by atoms with Gasteiger partial charge in [-0.05, 0) is 31.5 Å². The fraction of sp³-hybridized carbons (Fsp3) is 0.353. The highest BCUT2D eigenvalue weighted by Crippen LogP contribution is 2.26. The molecule has 0 aliphatic carbocycles. The van der Waals surface area contributed by atoms with E-state index in [9.17, 15) is 4.79 Å². The Morgan fingerprint density at radius 1 is 1.36 bits per heavy atom. The van der Waals surface area contributed by atoms with E-state index in [0.717, 1.165) is 34.8 Å². The number of amides is 1. The van der Waals surface area contributed by atoms with Crippen LogP contribution in [0.15, 0.2) is 29.4 Å². The highest BCUT2D eigenvalue weighted by Gasteiger charge is 2.14. The molecule has 0 saturated heterocycles. The van der Waals surface area contributed by atoms with Gasteiger partial charge in [0.2, 0.25) is 5.91 Å². The number of halogens is 1. The Morgan fingerprint density at radius 2 is 2.16 bits per heavy atom. The standard InChI is InChI=1S/C17H20ClN5OS/c1-4-7-23-14-6-5-12(18)9-13(14)19-17(23)25-10-16(24)20-15-8-11(2)21-22(15)3/h5-6,8-9H,4,7,10H2,1-3H3,(H,20,24). The highest BCUT2D eigenvalue weighted by molar-refractivity contribution is 7.99. The molecule has 3 rings (SSSR count). The minimum Gasteiger partial charge on any atom is -0.319 e. The molecule has 6 nitrogen and oxygen atoms in total. The zero-order valence-corrected chi connectivity index (χ0v) is 16.0. The van der Waals surface area contributed by atoms with Crippen molar-refractivity contribution in [3.63, 3.8) is 0 Å². The van der Waals surface area contributed by atoms with E-state index in [2.05, 4.69) is 26.9 Å². The Hall–Kier alpha value is -1.99. The lowest BCUT2D eigenvalue weighted by Crippen LogP contribution is -2.16. The summed E-state index contributed by atoms with van der Waals surface area (Å²) in [5.74, 6) is 0.892. The van der Waals surface area contributed by atoms with Crippen molar-refractivity contribution >= 4 is 46.1 Å². The van der Waals surface area contributed by atoms with E-state index in [1.165, 1.54) is 11.8 Å². The first-order valence-corrected chi connectivity index (χ1v) is 9.43. The van der Waals surface area contributed by atoms with Crippen LogP contribution in [0.5, 0.6) is 0 Å².